The van der Waals surface area contributed by atoms with Crippen molar-refractivity contribution in [3.63, 3.8) is 0 Å². The van der Waals surface area contributed by atoms with Gasteiger partial charge in [-0.3, -0.25) is 0 Å². The van der Waals surface area contributed by atoms with Crippen molar-refractivity contribution in [2.75, 3.05) is 0 Å². The van der Waals surface area contributed by atoms with Gasteiger partial charge in [-0.15, -0.1) is 6.58 Å². The third kappa shape index (κ3) is 2.47. The summed E-state index contributed by atoms with van der Waals surface area (Å²) in [5.41, 5.74) is 1.60. The Morgan fingerprint density at radius 2 is 1.86 bits per heavy atom. The fraction of sp³-hybridized carbons (Fsp3) is 0.429. The van der Waals surface area contributed by atoms with E-state index >= 15 is 0 Å². The number of benzene rings is 1. The Hall–Kier alpha value is -1.04. The van der Waals surface area contributed by atoms with Crippen LogP contribution in [-0.2, 0) is 6.42 Å². The fourth-order valence-electron chi connectivity index (χ4n) is 1.55. The lowest BCUT2D eigenvalue weighted by atomic mass is 9.75. The summed E-state index contributed by atoms with van der Waals surface area (Å²) in [5.74, 6) is 0.625. The topological polar surface area (TPSA) is 0 Å². The molecule has 0 N–H and O–H groups in total. The summed E-state index contributed by atoms with van der Waals surface area (Å²) in [7, 11) is 0. The third-order valence-electron chi connectivity index (χ3n) is 3.21. The standard InChI is InChI=1S/C14H20/c1-5-14(4,12(2)3)11-13-9-7-6-8-10-13/h5-10,12H,1,11H2,2-4H3. The molecule has 0 fully saturated rings. The van der Waals surface area contributed by atoms with Gasteiger partial charge in [-0.2, -0.15) is 0 Å². The molecule has 0 nitrogen and oxygen atoms in total. The smallest absolute Gasteiger partial charge is 0.00859 e. The van der Waals surface area contributed by atoms with Crippen molar-refractivity contribution in [3.05, 3.63) is 48.6 Å². The molecule has 1 unspecified atom stereocenters. The Balaban J connectivity index is 2.81. The molecule has 0 bridgehead atoms. The second kappa shape index (κ2) is 4.45. The van der Waals surface area contributed by atoms with Crippen molar-refractivity contribution < 1.29 is 0 Å². The highest BCUT2D eigenvalue weighted by Gasteiger charge is 2.24. The molecule has 0 aliphatic rings. The van der Waals surface area contributed by atoms with Gasteiger partial charge in [0.15, 0.2) is 0 Å². The lowest BCUT2D eigenvalue weighted by Gasteiger charge is -2.30. The molecule has 14 heavy (non-hydrogen) atoms. The zero-order valence-corrected chi connectivity index (χ0v) is 9.46. The average molecular weight is 188 g/mol. The first-order valence-electron chi connectivity index (χ1n) is 5.26. The maximum atomic E-state index is 3.95. The maximum Gasteiger partial charge on any atom is -0.00859 e. The second-order valence-electron chi connectivity index (χ2n) is 4.53. The highest BCUT2D eigenvalue weighted by atomic mass is 14.3. The first-order valence-corrected chi connectivity index (χ1v) is 5.26. The second-order valence-corrected chi connectivity index (χ2v) is 4.53. The summed E-state index contributed by atoms with van der Waals surface area (Å²) in [4.78, 5) is 0. The van der Waals surface area contributed by atoms with Crippen LogP contribution >= 0.6 is 0 Å². The lowest BCUT2D eigenvalue weighted by molar-refractivity contribution is 0.296. The van der Waals surface area contributed by atoms with Gasteiger partial charge in [0.05, 0.1) is 0 Å². The minimum Gasteiger partial charge on any atom is -0.103 e. The van der Waals surface area contributed by atoms with Gasteiger partial charge in [0, 0.05) is 0 Å². The summed E-state index contributed by atoms with van der Waals surface area (Å²) < 4.78 is 0. The number of allylic oxidation sites excluding steroid dienone is 1. The van der Waals surface area contributed by atoms with Gasteiger partial charge >= 0.3 is 0 Å². The Kier molecular flexibility index (Phi) is 3.51. The zero-order chi connectivity index (χ0) is 10.6. The lowest BCUT2D eigenvalue weighted by Crippen LogP contribution is -2.23. The Morgan fingerprint density at radius 1 is 1.29 bits per heavy atom. The average Bonchev–Trinajstić information content (AvgIpc) is 2.19. The summed E-state index contributed by atoms with van der Waals surface area (Å²) in [6.07, 6.45) is 3.17. The van der Waals surface area contributed by atoms with E-state index in [1.54, 1.807) is 0 Å². The normalized spacial score (nSPS) is 15.1. The Bertz CT molecular complexity index is 284. The Morgan fingerprint density at radius 3 is 2.29 bits per heavy atom. The molecule has 0 radical (unpaired) electrons. The van der Waals surface area contributed by atoms with Crippen molar-refractivity contribution in [1.82, 2.24) is 0 Å². The van der Waals surface area contributed by atoms with Crippen LogP contribution in [0.4, 0.5) is 0 Å². The van der Waals surface area contributed by atoms with Gasteiger partial charge < -0.3 is 0 Å². The van der Waals surface area contributed by atoms with E-state index < -0.39 is 0 Å². The van der Waals surface area contributed by atoms with E-state index in [4.69, 9.17) is 0 Å². The molecule has 0 saturated heterocycles. The van der Waals surface area contributed by atoms with Gasteiger partial charge in [-0.1, -0.05) is 57.2 Å². The van der Waals surface area contributed by atoms with Crippen LogP contribution in [0.15, 0.2) is 43.0 Å². The van der Waals surface area contributed by atoms with E-state index in [1.807, 2.05) is 0 Å². The largest absolute Gasteiger partial charge is 0.103 e. The molecule has 1 rings (SSSR count). The SMILES string of the molecule is C=CC(C)(Cc1ccccc1)C(C)C. The highest BCUT2D eigenvalue weighted by Crippen LogP contribution is 2.32. The summed E-state index contributed by atoms with van der Waals surface area (Å²) in [5, 5.41) is 0. The van der Waals surface area contributed by atoms with Crippen LogP contribution in [0, 0.1) is 11.3 Å². The minimum absolute atomic E-state index is 0.210. The van der Waals surface area contributed by atoms with Crippen LogP contribution in [0.5, 0.6) is 0 Å². The molecule has 0 heterocycles. The fourth-order valence-corrected chi connectivity index (χ4v) is 1.55. The van der Waals surface area contributed by atoms with Crippen LogP contribution in [0.1, 0.15) is 26.3 Å². The van der Waals surface area contributed by atoms with E-state index in [2.05, 4.69) is 63.8 Å². The van der Waals surface area contributed by atoms with Crippen molar-refractivity contribution in [3.8, 4) is 0 Å². The first kappa shape index (κ1) is 11.0. The van der Waals surface area contributed by atoms with Gasteiger partial charge in [0.2, 0.25) is 0 Å². The molecule has 76 valence electrons. The van der Waals surface area contributed by atoms with E-state index in [-0.39, 0.29) is 5.41 Å². The van der Waals surface area contributed by atoms with Crippen molar-refractivity contribution in [2.45, 2.75) is 27.2 Å². The van der Waals surface area contributed by atoms with Crippen molar-refractivity contribution in [1.29, 1.82) is 0 Å². The van der Waals surface area contributed by atoms with Crippen LogP contribution < -0.4 is 0 Å². The predicted octanol–water partition coefficient (Wildman–Crippen LogP) is 4.08. The molecule has 1 atom stereocenters. The first-order chi connectivity index (χ1) is 6.58. The maximum absolute atomic E-state index is 3.95. The van der Waals surface area contributed by atoms with Crippen LogP contribution in [0.3, 0.4) is 0 Å². The molecule has 0 aliphatic carbocycles. The van der Waals surface area contributed by atoms with Crippen LogP contribution in [-0.4, -0.2) is 0 Å². The minimum atomic E-state index is 0.210. The number of hydrogen-bond donors (Lipinski definition) is 0. The van der Waals surface area contributed by atoms with Gasteiger partial charge in [-0.05, 0) is 23.3 Å². The number of hydrogen-bond acceptors (Lipinski definition) is 0. The summed E-state index contributed by atoms with van der Waals surface area (Å²) in [6, 6.07) is 10.6. The molecule has 0 aromatic heterocycles. The molecular weight excluding hydrogens is 168 g/mol. The van der Waals surface area contributed by atoms with Crippen molar-refractivity contribution >= 4 is 0 Å². The summed E-state index contributed by atoms with van der Waals surface area (Å²) in [6.45, 7) is 10.7. The molecule has 0 saturated carbocycles. The Labute approximate surface area is 87.7 Å². The molecule has 0 amide bonds. The molecule has 0 spiro atoms. The van der Waals surface area contributed by atoms with E-state index in [9.17, 15) is 0 Å². The molecule has 1 aromatic rings. The predicted molar refractivity (Wildman–Crippen MR) is 63.3 cm³/mol. The monoisotopic (exact) mass is 188 g/mol. The van der Waals surface area contributed by atoms with Gasteiger partial charge in [0.1, 0.15) is 0 Å². The molecule has 0 heteroatoms. The summed E-state index contributed by atoms with van der Waals surface area (Å²) >= 11 is 0. The van der Waals surface area contributed by atoms with E-state index in [0.717, 1.165) is 6.42 Å². The number of rotatable bonds is 4. The zero-order valence-electron chi connectivity index (χ0n) is 9.46. The molecule has 1 aromatic carbocycles. The molecule has 0 aliphatic heterocycles. The molecular formula is C14H20. The van der Waals surface area contributed by atoms with E-state index in [0.29, 0.717) is 5.92 Å². The van der Waals surface area contributed by atoms with Gasteiger partial charge in [-0.25, -0.2) is 0 Å². The van der Waals surface area contributed by atoms with E-state index in [1.165, 1.54) is 5.56 Å². The quantitative estimate of drug-likeness (QED) is 0.625. The highest BCUT2D eigenvalue weighted by molar-refractivity contribution is 5.18. The third-order valence-corrected chi connectivity index (χ3v) is 3.21. The van der Waals surface area contributed by atoms with Gasteiger partial charge in [0.25, 0.3) is 0 Å². The van der Waals surface area contributed by atoms with Crippen LogP contribution in [0.2, 0.25) is 0 Å². The van der Waals surface area contributed by atoms with Crippen LogP contribution in [0.25, 0.3) is 0 Å². The van der Waals surface area contributed by atoms with Crippen molar-refractivity contribution in [2.24, 2.45) is 11.3 Å².